The first-order valence-electron chi connectivity index (χ1n) is 8.77. The number of hydrazine groups is 1. The molecule has 1 fully saturated rings. The van der Waals surface area contributed by atoms with E-state index in [-0.39, 0.29) is 30.2 Å². The molecule has 0 radical (unpaired) electrons. The van der Waals surface area contributed by atoms with Gasteiger partial charge in [-0.05, 0) is 36.5 Å². The fourth-order valence-corrected chi connectivity index (χ4v) is 3.10. The fraction of sp³-hybridized carbons (Fsp3) is 0.250. The highest BCUT2D eigenvalue weighted by Crippen LogP contribution is 2.40. The minimum absolute atomic E-state index is 0.0315. The first-order chi connectivity index (χ1) is 12.7. The lowest BCUT2D eigenvalue weighted by molar-refractivity contribution is -0.118. The molecule has 0 saturated heterocycles. The standard InChI is InChI=1S/C20H20N4O2/c25-17-13-21-19(23-24(17)16-9-5-2-6-10-16)20(26)22-18(15-11-12-15)14-7-3-1-4-8-14/h1-10,15,18H,11-13H2,(H,21,23)(H,22,26)/t18-/m1/s1. The molecule has 4 rings (SSSR count). The second kappa shape index (κ2) is 7.00. The van der Waals surface area contributed by atoms with Crippen molar-refractivity contribution < 1.29 is 9.59 Å². The minimum Gasteiger partial charge on any atom is -0.342 e. The number of hydrogen-bond donors (Lipinski definition) is 2. The van der Waals surface area contributed by atoms with Crippen LogP contribution in [-0.2, 0) is 9.59 Å². The maximum atomic E-state index is 12.8. The van der Waals surface area contributed by atoms with Crippen LogP contribution in [0.1, 0.15) is 24.4 Å². The Morgan fingerprint density at radius 3 is 2.38 bits per heavy atom. The molecule has 2 aromatic rings. The average molecular weight is 348 g/mol. The molecule has 6 heteroatoms. The molecule has 0 bridgehead atoms. The zero-order valence-electron chi connectivity index (χ0n) is 14.3. The number of benzene rings is 2. The number of anilines is 1. The SMILES string of the molecule is O=C(N[C@H](c1ccccc1)C1CC1)C1=NCC(=O)N(c2ccccc2)N1. The molecule has 6 nitrogen and oxygen atoms in total. The Bertz CT molecular complexity index is 831. The van der Waals surface area contributed by atoms with Gasteiger partial charge in [0, 0.05) is 0 Å². The van der Waals surface area contributed by atoms with E-state index in [1.165, 1.54) is 5.01 Å². The van der Waals surface area contributed by atoms with E-state index >= 15 is 0 Å². The summed E-state index contributed by atoms with van der Waals surface area (Å²) in [6, 6.07) is 19.1. The molecular weight excluding hydrogens is 328 g/mol. The second-order valence-corrected chi connectivity index (χ2v) is 6.54. The molecular formula is C20H20N4O2. The van der Waals surface area contributed by atoms with E-state index in [2.05, 4.69) is 15.7 Å². The molecule has 1 atom stereocenters. The first kappa shape index (κ1) is 16.3. The first-order valence-corrected chi connectivity index (χ1v) is 8.77. The molecule has 1 aliphatic heterocycles. The van der Waals surface area contributed by atoms with E-state index < -0.39 is 0 Å². The number of carbonyl (C=O) groups is 2. The summed E-state index contributed by atoms with van der Waals surface area (Å²) in [5.74, 6) is 0.126. The third kappa shape index (κ3) is 3.44. The molecule has 1 heterocycles. The predicted molar refractivity (Wildman–Crippen MR) is 99.4 cm³/mol. The van der Waals surface area contributed by atoms with E-state index in [4.69, 9.17) is 0 Å². The number of hydrogen-bond acceptors (Lipinski definition) is 4. The van der Waals surface area contributed by atoms with Crippen LogP contribution in [-0.4, -0.2) is 24.2 Å². The molecule has 132 valence electrons. The quantitative estimate of drug-likeness (QED) is 0.870. The lowest BCUT2D eigenvalue weighted by Crippen LogP contribution is -2.56. The third-order valence-electron chi connectivity index (χ3n) is 4.61. The van der Waals surface area contributed by atoms with Gasteiger partial charge in [0.25, 0.3) is 11.8 Å². The van der Waals surface area contributed by atoms with Gasteiger partial charge in [-0.3, -0.25) is 20.0 Å². The van der Waals surface area contributed by atoms with Crippen molar-refractivity contribution in [1.82, 2.24) is 10.7 Å². The summed E-state index contributed by atoms with van der Waals surface area (Å²) in [4.78, 5) is 29.0. The van der Waals surface area contributed by atoms with Gasteiger partial charge in [-0.15, -0.1) is 0 Å². The largest absolute Gasteiger partial charge is 0.342 e. The molecule has 1 saturated carbocycles. The number of carbonyl (C=O) groups excluding carboxylic acids is 2. The summed E-state index contributed by atoms with van der Waals surface area (Å²) in [5, 5.41) is 4.45. The zero-order valence-corrected chi connectivity index (χ0v) is 14.3. The van der Waals surface area contributed by atoms with Crippen molar-refractivity contribution in [2.75, 3.05) is 11.6 Å². The van der Waals surface area contributed by atoms with Gasteiger partial charge >= 0.3 is 0 Å². The lowest BCUT2D eigenvalue weighted by Gasteiger charge is -2.28. The van der Waals surface area contributed by atoms with E-state index in [1.807, 2.05) is 60.7 Å². The van der Waals surface area contributed by atoms with E-state index in [0.29, 0.717) is 11.6 Å². The number of amides is 2. The van der Waals surface area contributed by atoms with Crippen LogP contribution < -0.4 is 15.8 Å². The maximum absolute atomic E-state index is 12.8. The van der Waals surface area contributed by atoms with Gasteiger partial charge in [-0.25, -0.2) is 5.01 Å². The average Bonchev–Trinajstić information content (AvgIpc) is 3.53. The number of aliphatic imine (C=N–C) groups is 1. The molecule has 2 aromatic carbocycles. The van der Waals surface area contributed by atoms with Gasteiger partial charge < -0.3 is 5.32 Å². The Balaban J connectivity index is 1.50. The molecule has 2 N–H and O–H groups in total. The predicted octanol–water partition coefficient (Wildman–Crippen LogP) is 2.20. The monoisotopic (exact) mass is 348 g/mol. The van der Waals surface area contributed by atoms with Crippen molar-refractivity contribution in [2.45, 2.75) is 18.9 Å². The molecule has 1 aliphatic carbocycles. The van der Waals surface area contributed by atoms with Crippen LogP contribution in [0.15, 0.2) is 65.7 Å². The van der Waals surface area contributed by atoms with Crippen molar-refractivity contribution in [2.24, 2.45) is 10.9 Å². The van der Waals surface area contributed by atoms with Crippen LogP contribution in [0, 0.1) is 5.92 Å². The Labute approximate surface area is 151 Å². The molecule has 0 unspecified atom stereocenters. The van der Waals surface area contributed by atoms with E-state index in [0.717, 1.165) is 18.4 Å². The highest BCUT2D eigenvalue weighted by Gasteiger charge is 2.35. The number of nitrogens with one attached hydrogen (secondary N) is 2. The number of para-hydroxylation sites is 1. The highest BCUT2D eigenvalue weighted by molar-refractivity contribution is 6.39. The molecule has 26 heavy (non-hydrogen) atoms. The topological polar surface area (TPSA) is 73.8 Å². The van der Waals surface area contributed by atoms with E-state index in [1.54, 1.807) is 0 Å². The molecule has 2 amide bonds. The minimum atomic E-state index is -0.292. The molecule has 0 spiro atoms. The van der Waals surface area contributed by atoms with Crippen LogP contribution in [0.2, 0.25) is 0 Å². The van der Waals surface area contributed by atoms with Gasteiger partial charge in [-0.1, -0.05) is 48.5 Å². The number of rotatable bonds is 5. The van der Waals surface area contributed by atoms with Gasteiger partial charge in [-0.2, -0.15) is 0 Å². The van der Waals surface area contributed by atoms with Crippen LogP contribution in [0.4, 0.5) is 5.69 Å². The van der Waals surface area contributed by atoms with Crippen molar-refractivity contribution in [3.8, 4) is 0 Å². The summed E-state index contributed by atoms with van der Waals surface area (Å²) < 4.78 is 0. The Hall–Kier alpha value is -3.15. The maximum Gasteiger partial charge on any atom is 0.288 e. The van der Waals surface area contributed by atoms with Crippen molar-refractivity contribution >= 4 is 23.3 Å². The smallest absolute Gasteiger partial charge is 0.288 e. The molecule has 2 aliphatic rings. The lowest BCUT2D eigenvalue weighted by atomic mass is 10.0. The van der Waals surface area contributed by atoms with Crippen molar-refractivity contribution in [3.63, 3.8) is 0 Å². The second-order valence-electron chi connectivity index (χ2n) is 6.54. The Kier molecular flexibility index (Phi) is 4.39. The van der Waals surface area contributed by atoms with Crippen molar-refractivity contribution in [3.05, 3.63) is 66.2 Å². The van der Waals surface area contributed by atoms with Crippen molar-refractivity contribution in [1.29, 1.82) is 0 Å². The van der Waals surface area contributed by atoms with Crippen LogP contribution >= 0.6 is 0 Å². The number of amidine groups is 1. The zero-order chi connectivity index (χ0) is 17.9. The van der Waals surface area contributed by atoms with Crippen LogP contribution in [0.3, 0.4) is 0 Å². The summed E-state index contributed by atoms with van der Waals surface area (Å²) in [5.41, 5.74) is 4.63. The third-order valence-corrected chi connectivity index (χ3v) is 4.61. The Morgan fingerprint density at radius 2 is 1.73 bits per heavy atom. The summed E-state index contributed by atoms with van der Waals surface area (Å²) in [6.07, 6.45) is 2.21. The fourth-order valence-electron chi connectivity index (χ4n) is 3.10. The van der Waals surface area contributed by atoms with Gasteiger partial charge in [0.15, 0.2) is 0 Å². The van der Waals surface area contributed by atoms with Crippen LogP contribution in [0.5, 0.6) is 0 Å². The Morgan fingerprint density at radius 1 is 1.08 bits per heavy atom. The molecule has 0 aromatic heterocycles. The summed E-state index contributed by atoms with van der Waals surface area (Å²) in [7, 11) is 0. The van der Waals surface area contributed by atoms with E-state index in [9.17, 15) is 9.59 Å². The summed E-state index contributed by atoms with van der Waals surface area (Å²) >= 11 is 0. The van der Waals surface area contributed by atoms with Gasteiger partial charge in [0.2, 0.25) is 5.84 Å². The summed E-state index contributed by atoms with van der Waals surface area (Å²) in [6.45, 7) is -0.0515. The number of nitrogens with zero attached hydrogens (tertiary/aromatic N) is 2. The highest BCUT2D eigenvalue weighted by atomic mass is 16.2. The normalized spacial score (nSPS) is 17.9. The van der Waals surface area contributed by atoms with Crippen LogP contribution in [0.25, 0.3) is 0 Å². The van der Waals surface area contributed by atoms with Gasteiger partial charge in [0.05, 0.1) is 11.7 Å². The van der Waals surface area contributed by atoms with Gasteiger partial charge in [0.1, 0.15) is 6.54 Å².